The Morgan fingerprint density at radius 2 is 2.18 bits per heavy atom. The second kappa shape index (κ2) is 6.02. The number of pyridine rings is 2. The number of hydrogen-bond donors (Lipinski definition) is 1. The molecule has 1 aliphatic rings. The lowest BCUT2D eigenvalue weighted by Gasteiger charge is -2.24. The van der Waals surface area contributed by atoms with E-state index >= 15 is 0 Å². The number of sulfonamides is 1. The summed E-state index contributed by atoms with van der Waals surface area (Å²) in [6.45, 7) is 0.527. The van der Waals surface area contributed by atoms with Crippen LogP contribution in [0, 0.1) is 0 Å². The van der Waals surface area contributed by atoms with Crippen molar-refractivity contribution in [2.24, 2.45) is 0 Å². The quantitative estimate of drug-likeness (QED) is 0.934. The molecule has 0 aliphatic carbocycles. The van der Waals surface area contributed by atoms with Crippen molar-refractivity contribution < 1.29 is 8.42 Å². The smallest absolute Gasteiger partial charge is 0.245 e. The van der Waals surface area contributed by atoms with Gasteiger partial charge >= 0.3 is 0 Å². The van der Waals surface area contributed by atoms with Crippen LogP contribution in [0.15, 0.2) is 47.8 Å². The molecular weight excluding hydrogens is 300 g/mol. The molecule has 0 amide bonds. The zero-order valence-electron chi connectivity index (χ0n) is 12.3. The summed E-state index contributed by atoms with van der Waals surface area (Å²) in [5, 5.41) is 2.99. The van der Waals surface area contributed by atoms with Gasteiger partial charge in [-0.1, -0.05) is 0 Å². The molecule has 116 valence electrons. The molecule has 0 radical (unpaired) electrons. The van der Waals surface area contributed by atoms with Crippen molar-refractivity contribution in [2.75, 3.05) is 18.9 Å². The van der Waals surface area contributed by atoms with Gasteiger partial charge in [0.15, 0.2) is 0 Å². The molecule has 2 aromatic heterocycles. The van der Waals surface area contributed by atoms with E-state index in [2.05, 4.69) is 15.3 Å². The van der Waals surface area contributed by atoms with E-state index in [-0.39, 0.29) is 10.9 Å². The van der Waals surface area contributed by atoms with Gasteiger partial charge in [0.1, 0.15) is 10.7 Å². The van der Waals surface area contributed by atoms with Crippen LogP contribution in [0.2, 0.25) is 0 Å². The minimum absolute atomic E-state index is 0.152. The van der Waals surface area contributed by atoms with E-state index in [1.807, 2.05) is 12.1 Å². The van der Waals surface area contributed by atoms with Gasteiger partial charge in [-0.05, 0) is 42.7 Å². The third-order valence-electron chi connectivity index (χ3n) is 3.87. The Bertz CT molecular complexity index is 749. The minimum Gasteiger partial charge on any atom is -0.373 e. The normalized spacial score (nSPS) is 19.2. The molecule has 0 bridgehead atoms. The highest BCUT2D eigenvalue weighted by Gasteiger charge is 2.36. The summed E-state index contributed by atoms with van der Waals surface area (Å²) < 4.78 is 27.2. The van der Waals surface area contributed by atoms with Crippen LogP contribution in [0.1, 0.15) is 24.4 Å². The minimum atomic E-state index is -3.53. The van der Waals surface area contributed by atoms with E-state index in [4.69, 9.17) is 0 Å². The molecule has 7 heteroatoms. The molecule has 0 saturated carbocycles. The van der Waals surface area contributed by atoms with Crippen molar-refractivity contribution in [1.82, 2.24) is 14.3 Å². The number of hydrogen-bond acceptors (Lipinski definition) is 5. The topological polar surface area (TPSA) is 75.2 Å². The van der Waals surface area contributed by atoms with Crippen LogP contribution in [-0.2, 0) is 10.0 Å². The Kier molecular flexibility index (Phi) is 4.08. The van der Waals surface area contributed by atoms with Gasteiger partial charge in [-0.3, -0.25) is 4.98 Å². The van der Waals surface area contributed by atoms with Crippen molar-refractivity contribution in [3.63, 3.8) is 0 Å². The molecule has 0 unspecified atom stereocenters. The Hall–Kier alpha value is -1.99. The maximum Gasteiger partial charge on any atom is 0.245 e. The number of aromatic nitrogens is 2. The van der Waals surface area contributed by atoms with Gasteiger partial charge in [0.2, 0.25) is 10.0 Å². The van der Waals surface area contributed by atoms with E-state index in [0.29, 0.717) is 6.54 Å². The summed E-state index contributed by atoms with van der Waals surface area (Å²) >= 11 is 0. The maximum atomic E-state index is 12.8. The largest absolute Gasteiger partial charge is 0.373 e. The van der Waals surface area contributed by atoms with Gasteiger partial charge < -0.3 is 5.32 Å². The second-order valence-electron chi connectivity index (χ2n) is 5.19. The second-order valence-corrected chi connectivity index (χ2v) is 7.08. The zero-order chi connectivity index (χ0) is 15.6. The highest BCUT2D eigenvalue weighted by molar-refractivity contribution is 7.89. The first-order valence-electron chi connectivity index (χ1n) is 7.18. The SMILES string of the molecule is CNc1cc([C@@H]2CCCN2S(=O)(=O)c2cccnc2)ccn1. The highest BCUT2D eigenvalue weighted by Crippen LogP contribution is 2.36. The van der Waals surface area contributed by atoms with Crippen LogP contribution in [-0.4, -0.2) is 36.3 Å². The average molecular weight is 318 g/mol. The fourth-order valence-corrected chi connectivity index (χ4v) is 4.43. The first-order valence-corrected chi connectivity index (χ1v) is 8.62. The summed E-state index contributed by atoms with van der Waals surface area (Å²) in [4.78, 5) is 8.35. The summed E-state index contributed by atoms with van der Waals surface area (Å²) in [6, 6.07) is 6.86. The summed E-state index contributed by atoms with van der Waals surface area (Å²) in [6.07, 6.45) is 6.33. The molecule has 1 N–H and O–H groups in total. The third-order valence-corrected chi connectivity index (χ3v) is 5.76. The van der Waals surface area contributed by atoms with Gasteiger partial charge in [-0.15, -0.1) is 0 Å². The fraction of sp³-hybridized carbons (Fsp3) is 0.333. The molecule has 1 aliphatic heterocycles. The van der Waals surface area contributed by atoms with Crippen LogP contribution < -0.4 is 5.32 Å². The molecular formula is C15H18N4O2S. The molecule has 0 spiro atoms. The van der Waals surface area contributed by atoms with Gasteiger partial charge in [-0.25, -0.2) is 13.4 Å². The van der Waals surface area contributed by atoms with Gasteiger partial charge in [0.05, 0.1) is 6.04 Å². The molecule has 0 aromatic carbocycles. The van der Waals surface area contributed by atoms with Crippen molar-refractivity contribution >= 4 is 15.8 Å². The van der Waals surface area contributed by atoms with Crippen molar-refractivity contribution in [2.45, 2.75) is 23.8 Å². The van der Waals surface area contributed by atoms with E-state index in [9.17, 15) is 8.42 Å². The standard InChI is InChI=1S/C15H18N4O2S/c1-16-15-10-12(6-8-18-15)14-5-3-9-19(14)22(20,21)13-4-2-7-17-11-13/h2,4,6-8,10-11,14H,3,5,9H2,1H3,(H,16,18)/t14-/m0/s1. The van der Waals surface area contributed by atoms with Crippen molar-refractivity contribution in [3.8, 4) is 0 Å². The number of anilines is 1. The lowest BCUT2D eigenvalue weighted by Crippen LogP contribution is -2.30. The molecule has 6 nitrogen and oxygen atoms in total. The van der Waals surface area contributed by atoms with Crippen LogP contribution in [0.25, 0.3) is 0 Å². The predicted molar refractivity (Wildman–Crippen MR) is 83.9 cm³/mol. The molecule has 1 fully saturated rings. The lowest BCUT2D eigenvalue weighted by molar-refractivity contribution is 0.396. The number of nitrogens with one attached hydrogen (secondary N) is 1. The summed E-state index contributed by atoms with van der Waals surface area (Å²) in [5.74, 6) is 0.739. The van der Waals surface area contributed by atoms with E-state index in [1.165, 1.54) is 6.20 Å². The van der Waals surface area contributed by atoms with E-state index in [0.717, 1.165) is 24.2 Å². The third kappa shape index (κ3) is 2.69. The monoisotopic (exact) mass is 318 g/mol. The van der Waals surface area contributed by atoms with Crippen LogP contribution in [0.3, 0.4) is 0 Å². The maximum absolute atomic E-state index is 12.8. The Labute approximate surface area is 130 Å². The zero-order valence-corrected chi connectivity index (χ0v) is 13.1. The lowest BCUT2D eigenvalue weighted by atomic mass is 10.1. The van der Waals surface area contributed by atoms with Gasteiger partial charge in [-0.2, -0.15) is 4.31 Å². The summed E-state index contributed by atoms with van der Waals surface area (Å²) in [7, 11) is -1.73. The van der Waals surface area contributed by atoms with E-state index in [1.54, 1.807) is 35.9 Å². The predicted octanol–water partition coefficient (Wildman–Crippen LogP) is 2.04. The van der Waals surface area contributed by atoms with Crippen LogP contribution >= 0.6 is 0 Å². The van der Waals surface area contributed by atoms with Crippen LogP contribution in [0.4, 0.5) is 5.82 Å². The molecule has 22 heavy (non-hydrogen) atoms. The molecule has 3 rings (SSSR count). The molecule has 3 heterocycles. The Morgan fingerprint density at radius 1 is 1.32 bits per heavy atom. The molecule has 2 aromatic rings. The first-order chi connectivity index (χ1) is 10.6. The van der Waals surface area contributed by atoms with Crippen molar-refractivity contribution in [3.05, 3.63) is 48.4 Å². The fourth-order valence-electron chi connectivity index (χ4n) is 2.79. The number of rotatable bonds is 4. The van der Waals surface area contributed by atoms with E-state index < -0.39 is 10.0 Å². The van der Waals surface area contributed by atoms with Gasteiger partial charge in [0.25, 0.3) is 0 Å². The summed E-state index contributed by atoms with van der Waals surface area (Å²) in [5.41, 5.74) is 0.962. The van der Waals surface area contributed by atoms with Crippen molar-refractivity contribution in [1.29, 1.82) is 0 Å². The Morgan fingerprint density at radius 3 is 2.91 bits per heavy atom. The highest BCUT2D eigenvalue weighted by atomic mass is 32.2. The van der Waals surface area contributed by atoms with Gasteiger partial charge in [0, 0.05) is 32.2 Å². The molecule has 1 saturated heterocycles. The number of nitrogens with zero attached hydrogens (tertiary/aromatic N) is 3. The Balaban J connectivity index is 1.96. The first kappa shape index (κ1) is 14.9. The average Bonchev–Trinajstić information content (AvgIpc) is 3.06. The molecule has 1 atom stereocenters. The van der Waals surface area contributed by atoms with Crippen LogP contribution in [0.5, 0.6) is 0 Å².